The molecule has 0 spiro atoms. The minimum Gasteiger partial charge on any atom is -0.454 e. The van der Waals surface area contributed by atoms with E-state index in [1.165, 1.54) is 0 Å². The van der Waals surface area contributed by atoms with Crippen LogP contribution in [0.2, 0.25) is 0 Å². The summed E-state index contributed by atoms with van der Waals surface area (Å²) < 4.78 is 4.74. The Bertz CT molecular complexity index is 217. The van der Waals surface area contributed by atoms with Crippen LogP contribution in [0.3, 0.4) is 0 Å². The summed E-state index contributed by atoms with van der Waals surface area (Å²) in [6.45, 7) is 5.10. The van der Waals surface area contributed by atoms with Gasteiger partial charge < -0.3 is 4.74 Å². The Hall–Kier alpha value is -1.12. The second kappa shape index (κ2) is 2.86. The number of hydrogen-bond acceptors (Lipinski definition) is 3. The third kappa shape index (κ3) is 1.67. The molecule has 3 heteroatoms. The lowest BCUT2D eigenvalue weighted by molar-refractivity contribution is -0.146. The molecular formula is C8H10O3. The fraction of sp³-hybridized carbons (Fsp3) is 0.500. The Morgan fingerprint density at radius 1 is 1.73 bits per heavy atom. The highest BCUT2D eigenvalue weighted by Crippen LogP contribution is 2.16. The van der Waals surface area contributed by atoms with E-state index in [0.717, 1.165) is 0 Å². The molecule has 0 aromatic rings. The van der Waals surface area contributed by atoms with Gasteiger partial charge in [0.15, 0.2) is 11.9 Å². The van der Waals surface area contributed by atoms with E-state index in [-0.39, 0.29) is 11.8 Å². The molecular weight excluding hydrogens is 144 g/mol. The summed E-state index contributed by atoms with van der Waals surface area (Å²) in [6, 6.07) is 0. The van der Waals surface area contributed by atoms with Gasteiger partial charge in [-0.05, 0) is 12.5 Å². The number of cyclic esters (lactones) is 1. The summed E-state index contributed by atoms with van der Waals surface area (Å²) >= 11 is 0. The van der Waals surface area contributed by atoms with Gasteiger partial charge in [-0.25, -0.2) is 0 Å². The van der Waals surface area contributed by atoms with Gasteiger partial charge in [0.2, 0.25) is 0 Å². The number of hydrogen-bond donors (Lipinski definition) is 0. The molecule has 1 heterocycles. The number of esters is 1. The van der Waals surface area contributed by atoms with Gasteiger partial charge in [-0.15, -0.1) is 0 Å². The number of Topliss-reactive ketones (excluding diaryl/α,β-unsaturated/α-hetero) is 1. The first-order chi connectivity index (χ1) is 5.11. The summed E-state index contributed by atoms with van der Waals surface area (Å²) in [6.07, 6.45) is 0.300. The van der Waals surface area contributed by atoms with E-state index >= 15 is 0 Å². The standard InChI is InChI=1S/C8H10O3/c1-5(2)8(10)6-3-4-7(9)11-6/h6H,1,3-4H2,2H3. The Labute approximate surface area is 65.0 Å². The van der Waals surface area contributed by atoms with Crippen molar-refractivity contribution < 1.29 is 14.3 Å². The first kappa shape index (κ1) is 7.98. The Balaban J connectivity index is 2.56. The molecule has 1 atom stereocenters. The van der Waals surface area contributed by atoms with E-state index in [4.69, 9.17) is 4.74 Å². The van der Waals surface area contributed by atoms with Crippen LogP contribution in [0.15, 0.2) is 12.2 Å². The Morgan fingerprint density at radius 3 is 2.73 bits per heavy atom. The SMILES string of the molecule is C=C(C)C(=O)C1CCC(=O)O1. The molecule has 1 aliphatic heterocycles. The smallest absolute Gasteiger partial charge is 0.306 e. The van der Waals surface area contributed by atoms with E-state index in [2.05, 4.69) is 6.58 Å². The van der Waals surface area contributed by atoms with E-state index in [1.54, 1.807) is 6.92 Å². The van der Waals surface area contributed by atoms with Crippen LogP contribution < -0.4 is 0 Å². The third-order valence-electron chi connectivity index (χ3n) is 1.60. The molecule has 3 nitrogen and oxygen atoms in total. The highest BCUT2D eigenvalue weighted by molar-refractivity contribution is 5.99. The fourth-order valence-corrected chi connectivity index (χ4v) is 0.985. The largest absolute Gasteiger partial charge is 0.454 e. The van der Waals surface area contributed by atoms with Gasteiger partial charge in [0.05, 0.1) is 0 Å². The molecule has 60 valence electrons. The molecule has 0 aromatic heterocycles. The van der Waals surface area contributed by atoms with Gasteiger partial charge in [-0.3, -0.25) is 9.59 Å². The fourth-order valence-electron chi connectivity index (χ4n) is 0.985. The number of ether oxygens (including phenoxy) is 1. The molecule has 1 saturated heterocycles. The lowest BCUT2D eigenvalue weighted by atomic mass is 10.1. The van der Waals surface area contributed by atoms with Crippen LogP contribution in [-0.2, 0) is 14.3 Å². The maximum Gasteiger partial charge on any atom is 0.306 e. The maximum atomic E-state index is 11.1. The van der Waals surface area contributed by atoms with Crippen molar-refractivity contribution in [2.24, 2.45) is 0 Å². The van der Waals surface area contributed by atoms with Gasteiger partial charge >= 0.3 is 5.97 Å². The Kier molecular flexibility index (Phi) is 2.08. The maximum absolute atomic E-state index is 11.1. The summed E-state index contributed by atoms with van der Waals surface area (Å²) in [5.74, 6) is -0.444. The summed E-state index contributed by atoms with van der Waals surface area (Å²) in [5, 5.41) is 0. The number of rotatable bonds is 2. The van der Waals surface area contributed by atoms with Crippen LogP contribution in [-0.4, -0.2) is 17.9 Å². The zero-order valence-electron chi connectivity index (χ0n) is 6.42. The van der Waals surface area contributed by atoms with Crippen LogP contribution in [0, 0.1) is 0 Å². The van der Waals surface area contributed by atoms with Crippen LogP contribution in [0.25, 0.3) is 0 Å². The van der Waals surface area contributed by atoms with Crippen LogP contribution in [0.5, 0.6) is 0 Å². The van der Waals surface area contributed by atoms with Crippen molar-refractivity contribution in [1.82, 2.24) is 0 Å². The van der Waals surface area contributed by atoms with Crippen LogP contribution in [0.1, 0.15) is 19.8 Å². The van der Waals surface area contributed by atoms with Gasteiger partial charge in [-0.2, -0.15) is 0 Å². The predicted octanol–water partition coefficient (Wildman–Crippen LogP) is 0.837. The summed E-state index contributed by atoms with van der Waals surface area (Å²) in [5.41, 5.74) is 0.449. The van der Waals surface area contributed by atoms with Gasteiger partial charge in [-0.1, -0.05) is 6.58 Å². The average molecular weight is 154 g/mol. The highest BCUT2D eigenvalue weighted by atomic mass is 16.6. The minimum atomic E-state index is -0.556. The highest BCUT2D eigenvalue weighted by Gasteiger charge is 2.29. The summed E-state index contributed by atoms with van der Waals surface area (Å²) in [7, 11) is 0. The predicted molar refractivity (Wildman–Crippen MR) is 38.9 cm³/mol. The van der Waals surface area contributed by atoms with E-state index in [9.17, 15) is 9.59 Å². The van der Waals surface area contributed by atoms with Gasteiger partial charge in [0.25, 0.3) is 0 Å². The molecule has 0 saturated carbocycles. The molecule has 0 amide bonds. The average Bonchev–Trinajstić information content (AvgIpc) is 2.34. The molecule has 1 aliphatic rings. The molecule has 0 aromatic carbocycles. The van der Waals surface area contributed by atoms with Crippen molar-refractivity contribution >= 4 is 11.8 Å². The second-order valence-electron chi connectivity index (χ2n) is 2.66. The van der Waals surface area contributed by atoms with Crippen molar-refractivity contribution in [3.05, 3.63) is 12.2 Å². The number of carbonyl (C=O) groups is 2. The minimum absolute atomic E-state index is 0.157. The van der Waals surface area contributed by atoms with Crippen molar-refractivity contribution in [3.63, 3.8) is 0 Å². The lowest BCUT2D eigenvalue weighted by Gasteiger charge is -2.05. The van der Waals surface area contributed by atoms with E-state index < -0.39 is 6.10 Å². The van der Waals surface area contributed by atoms with Crippen LogP contribution in [0.4, 0.5) is 0 Å². The van der Waals surface area contributed by atoms with Crippen molar-refractivity contribution in [2.45, 2.75) is 25.9 Å². The number of carbonyl (C=O) groups excluding carboxylic acids is 2. The molecule has 1 rings (SSSR count). The molecule has 0 radical (unpaired) electrons. The molecule has 11 heavy (non-hydrogen) atoms. The normalized spacial score (nSPS) is 23.0. The summed E-state index contributed by atoms with van der Waals surface area (Å²) in [4.78, 5) is 21.7. The molecule has 1 fully saturated rings. The molecule has 0 aliphatic carbocycles. The topological polar surface area (TPSA) is 43.4 Å². The van der Waals surface area contributed by atoms with Crippen molar-refractivity contribution in [1.29, 1.82) is 0 Å². The van der Waals surface area contributed by atoms with Crippen LogP contribution >= 0.6 is 0 Å². The zero-order chi connectivity index (χ0) is 8.43. The quantitative estimate of drug-likeness (QED) is 0.437. The lowest BCUT2D eigenvalue weighted by Crippen LogP contribution is -2.20. The first-order valence-electron chi connectivity index (χ1n) is 3.50. The molecule has 1 unspecified atom stereocenters. The van der Waals surface area contributed by atoms with E-state index in [0.29, 0.717) is 18.4 Å². The first-order valence-corrected chi connectivity index (χ1v) is 3.50. The number of ketones is 1. The van der Waals surface area contributed by atoms with Gasteiger partial charge in [0, 0.05) is 12.8 Å². The van der Waals surface area contributed by atoms with Gasteiger partial charge in [0.1, 0.15) is 0 Å². The second-order valence-corrected chi connectivity index (χ2v) is 2.66. The third-order valence-corrected chi connectivity index (χ3v) is 1.60. The zero-order valence-corrected chi connectivity index (χ0v) is 6.42. The molecule has 0 bridgehead atoms. The van der Waals surface area contributed by atoms with Crippen molar-refractivity contribution in [3.8, 4) is 0 Å². The van der Waals surface area contributed by atoms with E-state index in [1.807, 2.05) is 0 Å². The molecule has 0 N–H and O–H groups in total. The van der Waals surface area contributed by atoms with Crippen molar-refractivity contribution in [2.75, 3.05) is 0 Å². The Morgan fingerprint density at radius 2 is 2.36 bits per heavy atom. The monoisotopic (exact) mass is 154 g/mol.